The van der Waals surface area contributed by atoms with Gasteiger partial charge in [-0.2, -0.15) is 4.31 Å². The van der Waals surface area contributed by atoms with Crippen molar-refractivity contribution in [2.24, 2.45) is 0 Å². The van der Waals surface area contributed by atoms with Gasteiger partial charge in [-0.3, -0.25) is 4.79 Å². The Hall–Kier alpha value is -1.40. The summed E-state index contributed by atoms with van der Waals surface area (Å²) in [6, 6.07) is 8.04. The minimum Gasteiger partial charge on any atom is -0.353 e. The van der Waals surface area contributed by atoms with Crippen molar-refractivity contribution < 1.29 is 13.2 Å². The van der Waals surface area contributed by atoms with Crippen molar-refractivity contribution in [1.29, 1.82) is 0 Å². The lowest BCUT2D eigenvalue weighted by Crippen LogP contribution is -2.38. The van der Waals surface area contributed by atoms with E-state index in [1.807, 2.05) is 31.2 Å². The molecule has 25 heavy (non-hydrogen) atoms. The number of benzene rings is 1. The molecule has 0 radical (unpaired) electrons. The first-order valence-corrected chi connectivity index (χ1v) is 11.0. The van der Waals surface area contributed by atoms with E-state index in [1.165, 1.54) is 23.4 Å². The zero-order valence-corrected chi connectivity index (χ0v) is 16.1. The smallest absolute Gasteiger partial charge is 0.221 e. The molecule has 0 unspecified atom stereocenters. The number of carbonyl (C=O) groups excluding carboxylic acids is 1. The molecule has 0 spiro atoms. The molecule has 0 atom stereocenters. The van der Waals surface area contributed by atoms with Gasteiger partial charge in [-0.1, -0.05) is 55.5 Å². The van der Waals surface area contributed by atoms with Crippen LogP contribution in [0.1, 0.15) is 56.1 Å². The third-order valence-corrected chi connectivity index (χ3v) is 5.97. The third kappa shape index (κ3) is 7.16. The first-order valence-electron chi connectivity index (χ1n) is 9.14. The first-order chi connectivity index (χ1) is 11.8. The summed E-state index contributed by atoms with van der Waals surface area (Å²) in [7, 11) is -3.36. The van der Waals surface area contributed by atoms with E-state index in [9.17, 15) is 13.2 Å². The molecule has 0 aliphatic heterocycles. The van der Waals surface area contributed by atoms with Crippen LogP contribution in [0.3, 0.4) is 0 Å². The fraction of sp³-hybridized carbons (Fsp3) is 0.632. The lowest BCUT2D eigenvalue weighted by molar-refractivity contribution is -0.122. The summed E-state index contributed by atoms with van der Waals surface area (Å²) in [5, 5.41) is 3.08. The monoisotopic (exact) mass is 366 g/mol. The summed E-state index contributed by atoms with van der Waals surface area (Å²) >= 11 is 0. The van der Waals surface area contributed by atoms with Crippen LogP contribution in [0.5, 0.6) is 0 Å². The lowest BCUT2D eigenvalue weighted by atomic mass is 10.1. The van der Waals surface area contributed by atoms with Gasteiger partial charge in [-0.05, 0) is 25.3 Å². The second-order valence-corrected chi connectivity index (χ2v) is 9.07. The zero-order chi connectivity index (χ0) is 18.3. The molecular weight excluding hydrogens is 336 g/mol. The molecule has 140 valence electrons. The van der Waals surface area contributed by atoms with Crippen molar-refractivity contribution in [2.75, 3.05) is 12.8 Å². The minimum atomic E-state index is -3.36. The first kappa shape index (κ1) is 19.9. The van der Waals surface area contributed by atoms with Gasteiger partial charge in [0.1, 0.15) is 0 Å². The molecule has 1 aromatic rings. The normalized spacial score (nSPS) is 16.6. The predicted molar refractivity (Wildman–Crippen MR) is 101 cm³/mol. The van der Waals surface area contributed by atoms with Crippen LogP contribution in [0.15, 0.2) is 24.3 Å². The van der Waals surface area contributed by atoms with Crippen LogP contribution in [0.4, 0.5) is 0 Å². The van der Waals surface area contributed by atoms with Gasteiger partial charge in [0.25, 0.3) is 0 Å². The molecule has 1 N–H and O–H groups in total. The molecule has 1 saturated carbocycles. The van der Waals surface area contributed by atoms with Crippen molar-refractivity contribution in [2.45, 2.75) is 64.5 Å². The number of aryl methyl sites for hydroxylation is 1. The summed E-state index contributed by atoms with van der Waals surface area (Å²) in [4.78, 5) is 12.2. The number of nitrogens with one attached hydrogen (secondary N) is 1. The van der Waals surface area contributed by atoms with E-state index >= 15 is 0 Å². The van der Waals surface area contributed by atoms with Crippen molar-refractivity contribution in [3.8, 4) is 0 Å². The molecule has 0 heterocycles. The molecule has 1 aliphatic rings. The van der Waals surface area contributed by atoms with Crippen LogP contribution >= 0.6 is 0 Å². The van der Waals surface area contributed by atoms with Gasteiger partial charge in [0.2, 0.25) is 15.9 Å². The van der Waals surface area contributed by atoms with E-state index in [4.69, 9.17) is 0 Å². The molecular formula is C19H30N2O3S. The van der Waals surface area contributed by atoms with Gasteiger partial charge in [0.15, 0.2) is 0 Å². The molecule has 5 nitrogen and oxygen atoms in total. The number of hydrogen-bond acceptors (Lipinski definition) is 3. The van der Waals surface area contributed by atoms with Gasteiger partial charge in [0.05, 0.1) is 6.26 Å². The van der Waals surface area contributed by atoms with Crippen LogP contribution in [-0.4, -0.2) is 37.5 Å². The highest BCUT2D eigenvalue weighted by atomic mass is 32.2. The second kappa shape index (κ2) is 9.34. The highest BCUT2D eigenvalue weighted by Gasteiger charge is 2.20. The fourth-order valence-corrected chi connectivity index (χ4v) is 4.13. The zero-order valence-electron chi connectivity index (χ0n) is 15.3. The van der Waals surface area contributed by atoms with Crippen LogP contribution < -0.4 is 5.32 Å². The average molecular weight is 367 g/mol. The van der Waals surface area contributed by atoms with Crippen LogP contribution in [0.2, 0.25) is 0 Å². The standard InChI is InChI=1S/C19H30N2O3S/c1-16-8-7-9-17(14-16)15-21(25(2,23)24)13-12-19(22)20-18-10-5-3-4-6-11-18/h7-9,14,18H,3-6,10-13,15H2,1-2H3,(H,20,22). The van der Waals surface area contributed by atoms with E-state index in [0.717, 1.165) is 36.8 Å². The highest BCUT2D eigenvalue weighted by Crippen LogP contribution is 2.17. The number of hydrogen-bond donors (Lipinski definition) is 1. The highest BCUT2D eigenvalue weighted by molar-refractivity contribution is 7.88. The Kier molecular flexibility index (Phi) is 7.44. The Morgan fingerprint density at radius 3 is 2.48 bits per heavy atom. The van der Waals surface area contributed by atoms with Crippen LogP contribution in [0.25, 0.3) is 0 Å². The van der Waals surface area contributed by atoms with Gasteiger partial charge >= 0.3 is 0 Å². The summed E-state index contributed by atoms with van der Waals surface area (Å²) < 4.78 is 25.5. The second-order valence-electron chi connectivity index (χ2n) is 7.09. The molecule has 1 aromatic carbocycles. The predicted octanol–water partition coefficient (Wildman–Crippen LogP) is 2.99. The Balaban J connectivity index is 1.90. The van der Waals surface area contributed by atoms with E-state index in [0.29, 0.717) is 6.54 Å². The number of nitrogens with zero attached hydrogens (tertiary/aromatic N) is 1. The third-order valence-electron chi connectivity index (χ3n) is 4.72. The van der Waals surface area contributed by atoms with Gasteiger partial charge in [-0.15, -0.1) is 0 Å². The number of carbonyl (C=O) groups is 1. The fourth-order valence-electron chi connectivity index (χ4n) is 3.33. The number of rotatable bonds is 7. The quantitative estimate of drug-likeness (QED) is 0.755. The Morgan fingerprint density at radius 1 is 1.20 bits per heavy atom. The maximum absolute atomic E-state index is 12.2. The molecule has 1 amide bonds. The van der Waals surface area contributed by atoms with Crippen molar-refractivity contribution in [3.63, 3.8) is 0 Å². The number of sulfonamides is 1. The Labute approximate surface area is 151 Å². The molecule has 0 bridgehead atoms. The van der Waals surface area contributed by atoms with E-state index in [1.54, 1.807) is 0 Å². The van der Waals surface area contributed by atoms with Gasteiger partial charge < -0.3 is 5.32 Å². The summed E-state index contributed by atoms with van der Waals surface area (Å²) in [5.74, 6) is -0.0511. The van der Waals surface area contributed by atoms with Crippen molar-refractivity contribution in [3.05, 3.63) is 35.4 Å². The minimum absolute atomic E-state index is 0.0511. The van der Waals surface area contributed by atoms with Crippen LogP contribution in [-0.2, 0) is 21.4 Å². The molecule has 1 fully saturated rings. The molecule has 6 heteroatoms. The maximum Gasteiger partial charge on any atom is 0.221 e. The summed E-state index contributed by atoms with van der Waals surface area (Å²) in [6.45, 7) is 2.50. The molecule has 0 aromatic heterocycles. The SMILES string of the molecule is Cc1cccc(CN(CCC(=O)NC2CCCCCC2)S(C)(=O)=O)c1. The topological polar surface area (TPSA) is 66.5 Å². The Bertz CT molecular complexity index is 665. The lowest BCUT2D eigenvalue weighted by Gasteiger charge is -2.21. The van der Waals surface area contributed by atoms with E-state index in [2.05, 4.69) is 5.32 Å². The number of amides is 1. The molecule has 1 aliphatic carbocycles. The van der Waals surface area contributed by atoms with Gasteiger partial charge in [0, 0.05) is 25.6 Å². The summed E-state index contributed by atoms with van der Waals surface area (Å²) in [5.41, 5.74) is 2.03. The van der Waals surface area contributed by atoms with Gasteiger partial charge in [-0.25, -0.2) is 8.42 Å². The van der Waals surface area contributed by atoms with E-state index < -0.39 is 10.0 Å². The molecule has 0 saturated heterocycles. The maximum atomic E-state index is 12.2. The molecule has 2 rings (SSSR count). The van der Waals surface area contributed by atoms with E-state index in [-0.39, 0.29) is 24.9 Å². The van der Waals surface area contributed by atoms with Crippen molar-refractivity contribution in [1.82, 2.24) is 9.62 Å². The van der Waals surface area contributed by atoms with Crippen LogP contribution in [0, 0.1) is 6.92 Å². The average Bonchev–Trinajstić information content (AvgIpc) is 2.79. The summed E-state index contributed by atoms with van der Waals surface area (Å²) in [6.07, 6.45) is 8.27. The largest absolute Gasteiger partial charge is 0.353 e. The van der Waals surface area contributed by atoms with Crippen molar-refractivity contribution >= 4 is 15.9 Å². The Morgan fingerprint density at radius 2 is 1.88 bits per heavy atom.